The van der Waals surface area contributed by atoms with Crippen LogP contribution in [0.4, 0.5) is 0 Å². The van der Waals surface area contributed by atoms with Crippen molar-refractivity contribution in [2.24, 2.45) is 0 Å². The van der Waals surface area contributed by atoms with E-state index in [9.17, 15) is 4.79 Å². The monoisotopic (exact) mass is 203 g/mol. The van der Waals surface area contributed by atoms with Gasteiger partial charge < -0.3 is 5.32 Å². The van der Waals surface area contributed by atoms with Crippen molar-refractivity contribution in [2.75, 3.05) is 0 Å². The largest absolute Gasteiger partial charge is 0.350 e. The third-order valence-electron chi connectivity index (χ3n) is 2.28. The third-order valence-corrected chi connectivity index (χ3v) is 2.28. The van der Waals surface area contributed by atoms with Gasteiger partial charge in [0.2, 0.25) is 5.91 Å². The topological polar surface area (TPSA) is 29.1 Å². The number of amides is 1. The molecule has 0 bridgehead atoms. The van der Waals surface area contributed by atoms with E-state index in [0.717, 1.165) is 12.8 Å². The lowest BCUT2D eigenvalue weighted by atomic mass is 10.1. The third kappa shape index (κ3) is 4.45. The lowest BCUT2D eigenvalue weighted by Gasteiger charge is -2.11. The second-order valence-electron chi connectivity index (χ2n) is 3.64. The molecular formula is C13H17NO. The quantitative estimate of drug-likeness (QED) is 0.731. The highest BCUT2D eigenvalue weighted by molar-refractivity contribution is 5.87. The van der Waals surface area contributed by atoms with Gasteiger partial charge in [-0.2, -0.15) is 0 Å². The van der Waals surface area contributed by atoms with Crippen LogP contribution in [0.2, 0.25) is 0 Å². The van der Waals surface area contributed by atoms with E-state index >= 15 is 0 Å². The number of rotatable bonds is 5. The molecule has 0 aliphatic rings. The average molecular weight is 203 g/mol. The summed E-state index contributed by atoms with van der Waals surface area (Å²) in [6.07, 6.45) is 3.24. The maximum Gasteiger partial charge on any atom is 0.243 e. The van der Waals surface area contributed by atoms with E-state index in [1.807, 2.05) is 25.1 Å². The molecule has 0 spiro atoms. The zero-order chi connectivity index (χ0) is 11.1. The minimum Gasteiger partial charge on any atom is -0.350 e. The van der Waals surface area contributed by atoms with Crippen LogP contribution in [0.15, 0.2) is 43.0 Å². The van der Waals surface area contributed by atoms with E-state index in [2.05, 4.69) is 24.0 Å². The Balaban J connectivity index is 2.31. The van der Waals surface area contributed by atoms with Crippen LogP contribution in [-0.4, -0.2) is 11.9 Å². The van der Waals surface area contributed by atoms with E-state index in [1.165, 1.54) is 11.6 Å². The molecule has 0 fully saturated rings. The SMILES string of the molecule is C=CC(=O)N[C@H](C)CCc1ccccc1. The summed E-state index contributed by atoms with van der Waals surface area (Å²) in [5.74, 6) is -0.101. The molecule has 0 aliphatic carbocycles. The number of carbonyl (C=O) groups excluding carboxylic acids is 1. The Morgan fingerprint density at radius 2 is 2.13 bits per heavy atom. The zero-order valence-electron chi connectivity index (χ0n) is 9.07. The van der Waals surface area contributed by atoms with Gasteiger partial charge in [0, 0.05) is 6.04 Å². The van der Waals surface area contributed by atoms with Crippen LogP contribution in [0, 0.1) is 0 Å². The highest BCUT2D eigenvalue weighted by Gasteiger charge is 2.03. The van der Waals surface area contributed by atoms with Gasteiger partial charge in [0.25, 0.3) is 0 Å². The number of carbonyl (C=O) groups is 1. The van der Waals surface area contributed by atoms with E-state index in [0.29, 0.717) is 0 Å². The molecule has 0 aliphatic heterocycles. The smallest absolute Gasteiger partial charge is 0.243 e. The van der Waals surface area contributed by atoms with Crippen molar-refractivity contribution in [3.8, 4) is 0 Å². The average Bonchev–Trinajstić information content (AvgIpc) is 2.27. The highest BCUT2D eigenvalue weighted by atomic mass is 16.1. The van der Waals surface area contributed by atoms with Crippen molar-refractivity contribution in [1.82, 2.24) is 5.32 Å². The van der Waals surface area contributed by atoms with Gasteiger partial charge in [-0.1, -0.05) is 36.9 Å². The molecule has 2 nitrogen and oxygen atoms in total. The van der Waals surface area contributed by atoms with Gasteiger partial charge in [-0.15, -0.1) is 0 Å². The Hall–Kier alpha value is -1.57. The van der Waals surface area contributed by atoms with Gasteiger partial charge in [-0.05, 0) is 31.4 Å². The number of hydrogen-bond acceptors (Lipinski definition) is 1. The standard InChI is InChI=1S/C13H17NO/c1-3-13(15)14-11(2)9-10-12-7-5-4-6-8-12/h3-8,11H,1,9-10H2,2H3,(H,14,15)/t11-/m1/s1. The molecule has 1 atom stereocenters. The zero-order valence-corrected chi connectivity index (χ0v) is 9.07. The van der Waals surface area contributed by atoms with Crippen molar-refractivity contribution in [3.05, 3.63) is 48.6 Å². The van der Waals surface area contributed by atoms with Crippen LogP contribution in [0.3, 0.4) is 0 Å². The number of nitrogens with one attached hydrogen (secondary N) is 1. The van der Waals surface area contributed by atoms with Crippen LogP contribution in [0.1, 0.15) is 18.9 Å². The van der Waals surface area contributed by atoms with Gasteiger partial charge in [0.15, 0.2) is 0 Å². The summed E-state index contributed by atoms with van der Waals surface area (Å²) in [5, 5.41) is 2.84. The Labute approximate surface area is 91.0 Å². The summed E-state index contributed by atoms with van der Waals surface area (Å²) in [7, 11) is 0. The van der Waals surface area contributed by atoms with Crippen LogP contribution >= 0.6 is 0 Å². The van der Waals surface area contributed by atoms with Gasteiger partial charge in [0.1, 0.15) is 0 Å². The Kier molecular flexibility index (Phi) is 4.61. The molecule has 1 amide bonds. The summed E-state index contributed by atoms with van der Waals surface area (Å²) < 4.78 is 0. The summed E-state index contributed by atoms with van der Waals surface area (Å²) >= 11 is 0. The molecule has 1 aromatic carbocycles. The number of benzene rings is 1. The molecule has 0 radical (unpaired) electrons. The Morgan fingerprint density at radius 3 is 2.73 bits per heavy atom. The van der Waals surface area contributed by atoms with Gasteiger partial charge in [-0.25, -0.2) is 0 Å². The fraction of sp³-hybridized carbons (Fsp3) is 0.308. The fourth-order valence-corrected chi connectivity index (χ4v) is 1.40. The minimum absolute atomic E-state index is 0.101. The number of hydrogen-bond donors (Lipinski definition) is 1. The first-order valence-corrected chi connectivity index (χ1v) is 5.19. The Morgan fingerprint density at radius 1 is 1.47 bits per heavy atom. The van der Waals surface area contributed by atoms with E-state index in [-0.39, 0.29) is 11.9 Å². The van der Waals surface area contributed by atoms with Crippen molar-refractivity contribution in [1.29, 1.82) is 0 Å². The van der Waals surface area contributed by atoms with E-state index < -0.39 is 0 Å². The van der Waals surface area contributed by atoms with Gasteiger partial charge in [0.05, 0.1) is 0 Å². The lowest BCUT2D eigenvalue weighted by molar-refractivity contribution is -0.117. The summed E-state index contributed by atoms with van der Waals surface area (Å²) in [5.41, 5.74) is 1.30. The molecule has 0 saturated heterocycles. The van der Waals surface area contributed by atoms with Crippen molar-refractivity contribution < 1.29 is 4.79 Å². The lowest BCUT2D eigenvalue weighted by Crippen LogP contribution is -2.31. The molecule has 0 unspecified atom stereocenters. The van der Waals surface area contributed by atoms with Crippen LogP contribution in [0.5, 0.6) is 0 Å². The van der Waals surface area contributed by atoms with E-state index in [1.54, 1.807) is 0 Å². The predicted molar refractivity (Wildman–Crippen MR) is 62.6 cm³/mol. The minimum atomic E-state index is -0.101. The molecule has 0 aromatic heterocycles. The van der Waals surface area contributed by atoms with Crippen molar-refractivity contribution >= 4 is 5.91 Å². The fourth-order valence-electron chi connectivity index (χ4n) is 1.40. The molecular weight excluding hydrogens is 186 g/mol. The van der Waals surface area contributed by atoms with Crippen LogP contribution in [0.25, 0.3) is 0 Å². The van der Waals surface area contributed by atoms with E-state index in [4.69, 9.17) is 0 Å². The van der Waals surface area contributed by atoms with Crippen LogP contribution in [-0.2, 0) is 11.2 Å². The first-order chi connectivity index (χ1) is 7.22. The second kappa shape index (κ2) is 6.02. The van der Waals surface area contributed by atoms with Crippen LogP contribution < -0.4 is 5.32 Å². The predicted octanol–water partition coefficient (Wildman–Crippen LogP) is 2.31. The molecule has 0 saturated carbocycles. The molecule has 0 heterocycles. The second-order valence-corrected chi connectivity index (χ2v) is 3.64. The summed E-state index contributed by atoms with van der Waals surface area (Å²) in [6, 6.07) is 10.5. The molecule has 2 heteroatoms. The molecule has 1 aromatic rings. The summed E-state index contributed by atoms with van der Waals surface area (Å²) in [4.78, 5) is 11.0. The molecule has 1 rings (SSSR count). The summed E-state index contributed by atoms with van der Waals surface area (Å²) in [6.45, 7) is 5.42. The number of aryl methyl sites for hydroxylation is 1. The molecule has 1 N–H and O–H groups in total. The normalized spacial score (nSPS) is 11.8. The van der Waals surface area contributed by atoms with Gasteiger partial charge >= 0.3 is 0 Å². The van der Waals surface area contributed by atoms with Gasteiger partial charge in [-0.3, -0.25) is 4.79 Å². The molecule has 15 heavy (non-hydrogen) atoms. The first-order valence-electron chi connectivity index (χ1n) is 5.19. The maximum atomic E-state index is 11.0. The van der Waals surface area contributed by atoms with Crippen molar-refractivity contribution in [3.63, 3.8) is 0 Å². The first kappa shape index (κ1) is 11.5. The highest BCUT2D eigenvalue weighted by Crippen LogP contribution is 2.04. The molecule has 80 valence electrons. The maximum absolute atomic E-state index is 11.0. The Bertz CT molecular complexity index is 319. The van der Waals surface area contributed by atoms with Crippen molar-refractivity contribution in [2.45, 2.75) is 25.8 Å².